The average molecular weight is 408 g/mol. The normalized spacial score (nSPS) is 20.0. The van der Waals surface area contributed by atoms with Crippen LogP contribution in [-0.4, -0.2) is 35.7 Å². The van der Waals surface area contributed by atoms with Crippen molar-refractivity contribution in [3.8, 4) is 0 Å². The molecule has 130 valence electrons. The van der Waals surface area contributed by atoms with Crippen LogP contribution in [-0.2, 0) is 10.2 Å². The van der Waals surface area contributed by atoms with Crippen molar-refractivity contribution in [2.75, 3.05) is 13.1 Å². The predicted molar refractivity (Wildman–Crippen MR) is 80.8 cm³/mol. The van der Waals surface area contributed by atoms with Crippen LogP contribution in [0.5, 0.6) is 0 Å². The zero-order valence-electron chi connectivity index (χ0n) is 12.9. The first-order valence-corrected chi connectivity index (χ1v) is 8.04. The first kappa shape index (κ1) is 17.3. The Kier molecular flexibility index (Phi) is 3.78. The van der Waals surface area contributed by atoms with Gasteiger partial charge in [0.15, 0.2) is 0 Å². The van der Waals surface area contributed by atoms with Gasteiger partial charge in [0.05, 0.1) is 11.3 Å². The largest absolute Gasteiger partial charge is 0.438 e. The Balaban J connectivity index is 1.72. The molecule has 0 unspecified atom stereocenters. The number of amides is 1. The summed E-state index contributed by atoms with van der Waals surface area (Å²) in [5.74, 6) is -1.83. The molecule has 1 aromatic rings. The number of hydrogen-bond donors (Lipinski definition) is 0. The van der Waals surface area contributed by atoms with Crippen LogP contribution in [0.2, 0.25) is 0 Å². The van der Waals surface area contributed by atoms with E-state index in [1.165, 1.54) is 17.0 Å². The number of carbonyl (C=O) groups excluding carboxylic acids is 1. The number of rotatable bonds is 3. The van der Waals surface area contributed by atoms with Gasteiger partial charge in [0.1, 0.15) is 5.82 Å². The monoisotopic (exact) mass is 407 g/mol. The van der Waals surface area contributed by atoms with E-state index in [0.717, 1.165) is 0 Å². The summed E-state index contributed by atoms with van der Waals surface area (Å²) in [5, 5.41) is 6.32. The Morgan fingerprint density at radius 2 is 1.88 bits per heavy atom. The van der Waals surface area contributed by atoms with Crippen molar-refractivity contribution in [3.63, 3.8) is 0 Å². The Morgan fingerprint density at radius 3 is 2.33 bits per heavy atom. The highest BCUT2D eigenvalue weighted by atomic mass is 79.9. The molecule has 1 saturated heterocycles. The Hall–Kier alpha value is -1.51. The molecule has 2 aliphatic rings. The van der Waals surface area contributed by atoms with Crippen molar-refractivity contribution in [2.45, 2.75) is 31.1 Å². The van der Waals surface area contributed by atoms with Gasteiger partial charge in [-0.2, -0.15) is 13.2 Å². The number of carbonyl (C=O) groups is 1. The molecule has 0 atom stereocenters. The first-order valence-electron chi connectivity index (χ1n) is 7.25. The molecule has 0 radical (unpaired) electrons. The van der Waals surface area contributed by atoms with Crippen molar-refractivity contribution in [2.24, 2.45) is 16.1 Å². The molecule has 0 aliphatic carbocycles. The molecule has 4 nitrogen and oxygen atoms in total. The number of benzene rings is 1. The summed E-state index contributed by atoms with van der Waals surface area (Å²) >= 11 is 3.15. The number of halogens is 5. The van der Waals surface area contributed by atoms with Crippen LogP contribution < -0.4 is 0 Å². The van der Waals surface area contributed by atoms with Gasteiger partial charge in [0.25, 0.3) is 5.66 Å². The molecule has 9 heteroatoms. The summed E-state index contributed by atoms with van der Waals surface area (Å²) in [5.41, 5.74) is -3.33. The second-order valence-corrected chi connectivity index (χ2v) is 7.50. The maximum atomic E-state index is 14.1. The van der Waals surface area contributed by atoms with E-state index < -0.39 is 34.9 Å². The SMILES string of the molecule is CC(C)(C(=O)N1CC(C2(C(F)(F)F)N=N2)C1)c1ccc(Br)cc1F. The maximum Gasteiger partial charge on any atom is 0.438 e. The molecule has 0 N–H and O–H groups in total. The van der Waals surface area contributed by atoms with Gasteiger partial charge in [-0.1, -0.05) is 22.0 Å². The van der Waals surface area contributed by atoms with Gasteiger partial charge in [-0.3, -0.25) is 4.79 Å². The van der Waals surface area contributed by atoms with Crippen LogP contribution >= 0.6 is 15.9 Å². The van der Waals surface area contributed by atoms with E-state index in [1.807, 2.05) is 0 Å². The maximum absolute atomic E-state index is 14.1. The molecule has 1 aromatic carbocycles. The molecule has 0 spiro atoms. The minimum atomic E-state index is -4.54. The van der Waals surface area contributed by atoms with E-state index in [0.29, 0.717) is 4.47 Å². The summed E-state index contributed by atoms with van der Waals surface area (Å²) in [6, 6.07) is 4.37. The molecular weight excluding hydrogens is 394 g/mol. The predicted octanol–water partition coefficient (Wildman–Crippen LogP) is 4.05. The van der Waals surface area contributed by atoms with Crippen molar-refractivity contribution >= 4 is 21.8 Å². The zero-order valence-corrected chi connectivity index (χ0v) is 14.4. The van der Waals surface area contributed by atoms with Crippen molar-refractivity contribution in [1.29, 1.82) is 0 Å². The van der Waals surface area contributed by atoms with E-state index in [2.05, 4.69) is 26.2 Å². The molecule has 0 saturated carbocycles. The lowest BCUT2D eigenvalue weighted by atomic mass is 9.79. The summed E-state index contributed by atoms with van der Waals surface area (Å²) in [4.78, 5) is 13.9. The lowest BCUT2D eigenvalue weighted by molar-refractivity contribution is -0.192. The minimum Gasteiger partial charge on any atom is -0.341 e. The van der Waals surface area contributed by atoms with Gasteiger partial charge < -0.3 is 4.90 Å². The molecule has 3 rings (SSSR count). The van der Waals surface area contributed by atoms with Gasteiger partial charge in [-0.05, 0) is 26.0 Å². The fraction of sp³-hybridized carbons (Fsp3) is 0.533. The molecule has 0 aromatic heterocycles. The second-order valence-electron chi connectivity index (χ2n) is 6.58. The van der Waals surface area contributed by atoms with Crippen LogP contribution in [0.15, 0.2) is 32.9 Å². The minimum absolute atomic E-state index is 0.0904. The first-order chi connectivity index (χ1) is 11.0. The Labute approximate surface area is 144 Å². The molecule has 2 aliphatic heterocycles. The molecule has 1 fully saturated rings. The van der Waals surface area contributed by atoms with E-state index in [4.69, 9.17) is 0 Å². The second kappa shape index (κ2) is 5.24. The molecule has 0 bridgehead atoms. The highest BCUT2D eigenvalue weighted by molar-refractivity contribution is 9.10. The molecule has 1 amide bonds. The molecule has 2 heterocycles. The highest BCUT2D eigenvalue weighted by Gasteiger charge is 2.70. The van der Waals surface area contributed by atoms with E-state index in [9.17, 15) is 22.4 Å². The number of likely N-dealkylation sites (tertiary alicyclic amines) is 1. The summed E-state index contributed by atoms with van der Waals surface area (Å²) in [6.07, 6.45) is -4.54. The average Bonchev–Trinajstić information content (AvgIpc) is 3.17. The number of alkyl halides is 3. The third-order valence-electron chi connectivity index (χ3n) is 4.61. The topological polar surface area (TPSA) is 45.0 Å². The van der Waals surface area contributed by atoms with Crippen LogP contribution in [0.1, 0.15) is 19.4 Å². The quantitative estimate of drug-likeness (QED) is 0.697. The zero-order chi connectivity index (χ0) is 17.9. The van der Waals surface area contributed by atoms with Gasteiger partial charge in [-0.15, -0.1) is 10.2 Å². The van der Waals surface area contributed by atoms with Crippen molar-refractivity contribution < 1.29 is 22.4 Å². The van der Waals surface area contributed by atoms with Gasteiger partial charge in [0, 0.05) is 23.1 Å². The summed E-state index contributed by atoms with van der Waals surface area (Å²) < 4.78 is 53.5. The van der Waals surface area contributed by atoms with Gasteiger partial charge in [0.2, 0.25) is 5.91 Å². The smallest absolute Gasteiger partial charge is 0.341 e. The lowest BCUT2D eigenvalue weighted by Gasteiger charge is -2.45. The molecule has 24 heavy (non-hydrogen) atoms. The van der Waals surface area contributed by atoms with Crippen molar-refractivity contribution in [3.05, 3.63) is 34.1 Å². The summed E-state index contributed by atoms with van der Waals surface area (Å²) in [6.45, 7) is 2.93. The van der Waals surface area contributed by atoms with Gasteiger partial charge >= 0.3 is 6.18 Å². The van der Waals surface area contributed by atoms with Crippen LogP contribution in [0.25, 0.3) is 0 Å². The van der Waals surface area contributed by atoms with E-state index >= 15 is 0 Å². The highest BCUT2D eigenvalue weighted by Crippen LogP contribution is 2.52. The van der Waals surface area contributed by atoms with Crippen LogP contribution in [0.3, 0.4) is 0 Å². The number of nitrogens with zero attached hydrogens (tertiary/aromatic N) is 3. The third-order valence-corrected chi connectivity index (χ3v) is 5.10. The van der Waals surface area contributed by atoms with E-state index in [-0.39, 0.29) is 18.7 Å². The lowest BCUT2D eigenvalue weighted by Crippen LogP contribution is -2.62. The fourth-order valence-electron chi connectivity index (χ4n) is 2.97. The third kappa shape index (κ3) is 2.53. The summed E-state index contributed by atoms with van der Waals surface area (Å²) in [7, 11) is 0. The Morgan fingerprint density at radius 1 is 1.29 bits per heavy atom. The van der Waals surface area contributed by atoms with Gasteiger partial charge in [-0.25, -0.2) is 4.39 Å². The van der Waals surface area contributed by atoms with Crippen molar-refractivity contribution in [1.82, 2.24) is 4.90 Å². The van der Waals surface area contributed by atoms with E-state index in [1.54, 1.807) is 19.9 Å². The molecular formula is C15H14BrF4N3O. The van der Waals surface area contributed by atoms with Crippen LogP contribution in [0, 0.1) is 11.7 Å². The fourth-order valence-corrected chi connectivity index (χ4v) is 3.30. The van der Waals surface area contributed by atoms with Crippen LogP contribution in [0.4, 0.5) is 17.6 Å². The number of hydrogen-bond acceptors (Lipinski definition) is 3. The standard InChI is InChI=1S/C15H14BrF4N3O/c1-13(2,10-4-3-9(16)5-11(10)17)12(24)23-6-8(7-23)14(21-22-14)15(18,19)20/h3-5,8H,6-7H2,1-2H3. The Bertz CT molecular complexity index is 720.